The highest BCUT2D eigenvalue weighted by atomic mass is 32.1. The Morgan fingerprint density at radius 2 is 1.90 bits per heavy atom. The summed E-state index contributed by atoms with van der Waals surface area (Å²) in [6.07, 6.45) is 0.851. The van der Waals surface area contributed by atoms with Gasteiger partial charge in [-0.05, 0) is 35.9 Å². The highest BCUT2D eigenvalue weighted by Crippen LogP contribution is 2.39. The normalized spacial score (nSPS) is 10.7. The zero-order valence-corrected chi connectivity index (χ0v) is 11.5. The maximum absolute atomic E-state index is 13.0. The van der Waals surface area contributed by atoms with E-state index in [2.05, 4.69) is 0 Å². The van der Waals surface area contributed by atoms with Gasteiger partial charge in [0, 0.05) is 20.5 Å². The third-order valence-electron chi connectivity index (χ3n) is 3.16. The molecule has 4 heteroatoms. The quantitative estimate of drug-likeness (QED) is 0.661. The standard InChI is InChI=1S/C16H11FO2S/c1-19-12-6-7-13-14(9-18)16(20-15(13)8-12)10-2-4-11(17)5-3-10/h2-9H,1H3. The van der Waals surface area contributed by atoms with Gasteiger partial charge in [0.05, 0.1) is 7.11 Å². The number of methoxy groups -OCH3 is 1. The summed E-state index contributed by atoms with van der Waals surface area (Å²) in [6, 6.07) is 11.8. The van der Waals surface area contributed by atoms with Crippen molar-refractivity contribution in [3.05, 3.63) is 53.8 Å². The highest BCUT2D eigenvalue weighted by Gasteiger charge is 2.13. The van der Waals surface area contributed by atoms with Crippen molar-refractivity contribution in [3.8, 4) is 16.2 Å². The molecule has 2 aromatic carbocycles. The first kappa shape index (κ1) is 12.8. The van der Waals surface area contributed by atoms with Crippen LogP contribution in [0.15, 0.2) is 42.5 Å². The number of halogens is 1. The summed E-state index contributed by atoms with van der Waals surface area (Å²) < 4.78 is 19.2. The molecule has 20 heavy (non-hydrogen) atoms. The molecular weight excluding hydrogens is 275 g/mol. The summed E-state index contributed by atoms with van der Waals surface area (Å²) in [6.45, 7) is 0. The third-order valence-corrected chi connectivity index (χ3v) is 4.38. The lowest BCUT2D eigenvalue weighted by molar-refractivity contribution is 0.112. The van der Waals surface area contributed by atoms with Gasteiger partial charge >= 0.3 is 0 Å². The minimum atomic E-state index is -0.288. The molecule has 0 saturated heterocycles. The van der Waals surface area contributed by atoms with Gasteiger partial charge in [-0.25, -0.2) is 4.39 Å². The second kappa shape index (κ2) is 5.06. The Balaban J connectivity index is 2.24. The maximum Gasteiger partial charge on any atom is 0.152 e. The van der Waals surface area contributed by atoms with E-state index in [1.807, 2.05) is 18.2 Å². The Hall–Kier alpha value is -2.20. The van der Waals surface area contributed by atoms with Gasteiger partial charge in [0.1, 0.15) is 11.6 Å². The smallest absolute Gasteiger partial charge is 0.152 e. The SMILES string of the molecule is COc1ccc2c(C=O)c(-c3ccc(F)cc3)sc2c1. The van der Waals surface area contributed by atoms with Crippen LogP contribution >= 0.6 is 11.3 Å². The van der Waals surface area contributed by atoms with Crippen LogP contribution < -0.4 is 4.74 Å². The third kappa shape index (κ3) is 2.08. The molecule has 0 fully saturated rings. The van der Waals surface area contributed by atoms with Crippen LogP contribution in [-0.2, 0) is 0 Å². The van der Waals surface area contributed by atoms with Gasteiger partial charge < -0.3 is 4.74 Å². The van der Waals surface area contributed by atoms with E-state index in [9.17, 15) is 9.18 Å². The van der Waals surface area contributed by atoms with Gasteiger partial charge in [-0.2, -0.15) is 0 Å². The van der Waals surface area contributed by atoms with Crippen molar-refractivity contribution in [2.45, 2.75) is 0 Å². The number of fused-ring (bicyclic) bond motifs is 1. The summed E-state index contributed by atoms with van der Waals surface area (Å²) >= 11 is 1.50. The second-order valence-electron chi connectivity index (χ2n) is 4.33. The number of carbonyl (C=O) groups is 1. The summed E-state index contributed by atoms with van der Waals surface area (Å²) in [5.74, 6) is 0.464. The molecule has 3 rings (SSSR count). The number of carbonyl (C=O) groups excluding carboxylic acids is 1. The number of benzene rings is 2. The van der Waals surface area contributed by atoms with E-state index >= 15 is 0 Å². The van der Waals surface area contributed by atoms with Crippen molar-refractivity contribution in [1.29, 1.82) is 0 Å². The van der Waals surface area contributed by atoms with Crippen LogP contribution in [0.3, 0.4) is 0 Å². The molecule has 0 radical (unpaired) electrons. The fourth-order valence-corrected chi connectivity index (χ4v) is 3.36. The molecule has 0 aliphatic heterocycles. The van der Waals surface area contributed by atoms with Crippen LogP contribution in [0.2, 0.25) is 0 Å². The van der Waals surface area contributed by atoms with Crippen LogP contribution in [0, 0.1) is 5.82 Å². The number of hydrogen-bond acceptors (Lipinski definition) is 3. The molecule has 2 nitrogen and oxygen atoms in total. The number of thiophene rings is 1. The van der Waals surface area contributed by atoms with Crippen molar-refractivity contribution in [2.75, 3.05) is 7.11 Å². The summed E-state index contributed by atoms with van der Waals surface area (Å²) in [5, 5.41) is 0.894. The predicted molar refractivity (Wildman–Crippen MR) is 79.2 cm³/mol. The monoisotopic (exact) mass is 286 g/mol. The van der Waals surface area contributed by atoms with Gasteiger partial charge in [0.25, 0.3) is 0 Å². The van der Waals surface area contributed by atoms with Crippen LogP contribution in [-0.4, -0.2) is 13.4 Å². The molecule has 0 atom stereocenters. The molecule has 0 aliphatic carbocycles. The molecule has 0 unspecified atom stereocenters. The van der Waals surface area contributed by atoms with E-state index in [1.54, 1.807) is 19.2 Å². The van der Waals surface area contributed by atoms with E-state index in [1.165, 1.54) is 23.5 Å². The minimum Gasteiger partial charge on any atom is -0.497 e. The summed E-state index contributed by atoms with van der Waals surface area (Å²) in [7, 11) is 1.61. The van der Waals surface area contributed by atoms with E-state index in [0.717, 1.165) is 32.6 Å². The van der Waals surface area contributed by atoms with Crippen molar-refractivity contribution >= 4 is 27.7 Å². The van der Waals surface area contributed by atoms with Gasteiger partial charge in [0.15, 0.2) is 6.29 Å². The molecule has 3 aromatic rings. The average molecular weight is 286 g/mol. The van der Waals surface area contributed by atoms with Crippen LogP contribution in [0.25, 0.3) is 20.5 Å². The van der Waals surface area contributed by atoms with E-state index < -0.39 is 0 Å². The largest absolute Gasteiger partial charge is 0.497 e. The number of rotatable bonds is 3. The molecule has 1 aromatic heterocycles. The first-order valence-corrected chi connectivity index (χ1v) is 6.86. The molecule has 0 N–H and O–H groups in total. The topological polar surface area (TPSA) is 26.3 Å². The van der Waals surface area contributed by atoms with Crippen molar-refractivity contribution in [2.24, 2.45) is 0 Å². The van der Waals surface area contributed by atoms with Crippen molar-refractivity contribution in [3.63, 3.8) is 0 Å². The van der Waals surface area contributed by atoms with Gasteiger partial charge in [-0.1, -0.05) is 12.1 Å². The predicted octanol–water partition coefficient (Wildman–Crippen LogP) is 4.53. The Kier molecular flexibility index (Phi) is 3.24. The molecule has 100 valence electrons. The lowest BCUT2D eigenvalue weighted by Gasteiger charge is -1.99. The first-order valence-electron chi connectivity index (χ1n) is 6.04. The number of aldehydes is 1. The lowest BCUT2D eigenvalue weighted by Crippen LogP contribution is -1.83. The molecule has 0 amide bonds. The minimum absolute atomic E-state index is 0.288. The van der Waals surface area contributed by atoms with E-state index in [4.69, 9.17) is 4.74 Å². The van der Waals surface area contributed by atoms with E-state index in [0.29, 0.717) is 5.56 Å². The molecule has 0 spiro atoms. The molecule has 0 saturated carbocycles. The fourth-order valence-electron chi connectivity index (χ4n) is 2.16. The second-order valence-corrected chi connectivity index (χ2v) is 5.38. The zero-order valence-electron chi connectivity index (χ0n) is 10.7. The van der Waals surface area contributed by atoms with Crippen LogP contribution in [0.1, 0.15) is 10.4 Å². The number of ether oxygens (including phenoxy) is 1. The molecule has 0 bridgehead atoms. The van der Waals surface area contributed by atoms with E-state index in [-0.39, 0.29) is 5.82 Å². The molecular formula is C16H11FO2S. The van der Waals surface area contributed by atoms with Crippen molar-refractivity contribution in [1.82, 2.24) is 0 Å². The van der Waals surface area contributed by atoms with Crippen LogP contribution in [0.4, 0.5) is 4.39 Å². The summed E-state index contributed by atoms with van der Waals surface area (Å²) in [5.41, 5.74) is 1.48. The summed E-state index contributed by atoms with van der Waals surface area (Å²) in [4.78, 5) is 12.2. The first-order chi connectivity index (χ1) is 9.72. The Morgan fingerprint density at radius 3 is 2.55 bits per heavy atom. The Bertz CT molecular complexity index is 775. The maximum atomic E-state index is 13.0. The number of hydrogen-bond donors (Lipinski definition) is 0. The lowest BCUT2D eigenvalue weighted by atomic mass is 10.1. The van der Waals surface area contributed by atoms with Gasteiger partial charge in [-0.15, -0.1) is 11.3 Å². The fraction of sp³-hybridized carbons (Fsp3) is 0.0625. The van der Waals surface area contributed by atoms with Gasteiger partial charge in [0.2, 0.25) is 0 Å². The zero-order chi connectivity index (χ0) is 14.1. The molecule has 1 heterocycles. The van der Waals surface area contributed by atoms with Gasteiger partial charge in [-0.3, -0.25) is 4.79 Å². The molecule has 0 aliphatic rings. The Labute approximate surface area is 119 Å². The Morgan fingerprint density at radius 1 is 1.15 bits per heavy atom. The highest BCUT2D eigenvalue weighted by molar-refractivity contribution is 7.22. The van der Waals surface area contributed by atoms with Crippen LogP contribution in [0.5, 0.6) is 5.75 Å². The average Bonchev–Trinajstić information content (AvgIpc) is 2.85. The van der Waals surface area contributed by atoms with Crippen molar-refractivity contribution < 1.29 is 13.9 Å².